The van der Waals surface area contributed by atoms with E-state index < -0.39 is 6.36 Å². The number of alkyl halides is 3. The number of benzene rings is 1. The van der Waals surface area contributed by atoms with Gasteiger partial charge in [0.15, 0.2) is 0 Å². The summed E-state index contributed by atoms with van der Waals surface area (Å²) in [6.45, 7) is 2.09. The molecule has 114 valence electrons. The summed E-state index contributed by atoms with van der Waals surface area (Å²) in [6, 6.07) is 9.59. The molecule has 6 heteroatoms. The zero-order chi connectivity index (χ0) is 15.5. The van der Waals surface area contributed by atoms with Crippen molar-refractivity contribution in [3.8, 4) is 5.75 Å². The summed E-state index contributed by atoms with van der Waals surface area (Å²) in [4.78, 5) is 2.47. The zero-order valence-corrected chi connectivity index (χ0v) is 12.3. The molecule has 0 aliphatic heterocycles. The van der Waals surface area contributed by atoms with Crippen LogP contribution in [0.3, 0.4) is 0 Å². The lowest BCUT2D eigenvalue weighted by molar-refractivity contribution is -0.274. The molecule has 0 aliphatic carbocycles. The van der Waals surface area contributed by atoms with Crippen LogP contribution in [-0.4, -0.2) is 6.36 Å². The number of aryl methyl sites for hydroxylation is 1. The molecule has 2 rings (SSSR count). The third kappa shape index (κ3) is 4.75. The van der Waals surface area contributed by atoms with Crippen LogP contribution in [0.1, 0.15) is 28.3 Å². The fraction of sp³-hybridized carbons (Fsp3) is 0.333. The molecule has 21 heavy (non-hydrogen) atoms. The Kier molecular flexibility index (Phi) is 4.90. The monoisotopic (exact) mass is 315 g/mol. The van der Waals surface area contributed by atoms with E-state index in [0.29, 0.717) is 6.42 Å². The second-order valence-electron chi connectivity index (χ2n) is 4.65. The van der Waals surface area contributed by atoms with Gasteiger partial charge < -0.3 is 10.5 Å². The molecule has 1 atom stereocenters. The van der Waals surface area contributed by atoms with Gasteiger partial charge in [-0.3, -0.25) is 0 Å². The summed E-state index contributed by atoms with van der Waals surface area (Å²) in [5.41, 5.74) is 6.89. The largest absolute Gasteiger partial charge is 0.573 e. The summed E-state index contributed by atoms with van der Waals surface area (Å²) >= 11 is 1.71. The Morgan fingerprint density at radius 3 is 2.24 bits per heavy atom. The first-order valence-corrected chi connectivity index (χ1v) is 7.38. The van der Waals surface area contributed by atoms with Crippen LogP contribution in [0.15, 0.2) is 36.4 Å². The lowest BCUT2D eigenvalue weighted by Crippen LogP contribution is -2.17. The van der Waals surface area contributed by atoms with Gasteiger partial charge in [0.25, 0.3) is 0 Å². The third-order valence-electron chi connectivity index (χ3n) is 3.03. The molecule has 2 nitrogen and oxygen atoms in total. The van der Waals surface area contributed by atoms with Crippen LogP contribution < -0.4 is 10.5 Å². The van der Waals surface area contributed by atoms with E-state index in [9.17, 15) is 13.2 Å². The summed E-state index contributed by atoms with van der Waals surface area (Å²) in [6.07, 6.45) is -3.01. The molecule has 1 aromatic heterocycles. The minimum absolute atomic E-state index is 0.233. The van der Waals surface area contributed by atoms with Crippen molar-refractivity contribution in [3.63, 3.8) is 0 Å². The van der Waals surface area contributed by atoms with E-state index in [2.05, 4.69) is 17.7 Å². The number of hydrogen-bond donors (Lipinski definition) is 1. The molecule has 0 saturated heterocycles. The quantitative estimate of drug-likeness (QED) is 0.884. The van der Waals surface area contributed by atoms with Gasteiger partial charge in [-0.05, 0) is 36.2 Å². The summed E-state index contributed by atoms with van der Waals surface area (Å²) in [5, 5.41) is 0. The molecule has 1 unspecified atom stereocenters. The molecule has 2 N–H and O–H groups in total. The van der Waals surface area contributed by atoms with Crippen molar-refractivity contribution in [1.82, 2.24) is 0 Å². The Balaban J connectivity index is 2.00. The van der Waals surface area contributed by atoms with Crippen molar-refractivity contribution >= 4 is 11.3 Å². The van der Waals surface area contributed by atoms with E-state index in [1.165, 1.54) is 21.9 Å². The lowest BCUT2D eigenvalue weighted by atomic mass is 10.0. The number of nitrogens with two attached hydrogens (primary N) is 1. The smallest absolute Gasteiger partial charge is 0.406 e. The molecule has 2 aromatic rings. The molecular weight excluding hydrogens is 299 g/mol. The predicted molar refractivity (Wildman–Crippen MR) is 77.5 cm³/mol. The van der Waals surface area contributed by atoms with E-state index in [1.807, 2.05) is 6.07 Å². The van der Waals surface area contributed by atoms with Gasteiger partial charge >= 0.3 is 6.36 Å². The van der Waals surface area contributed by atoms with Crippen molar-refractivity contribution in [2.24, 2.45) is 5.73 Å². The zero-order valence-electron chi connectivity index (χ0n) is 11.5. The topological polar surface area (TPSA) is 35.2 Å². The van der Waals surface area contributed by atoms with Crippen LogP contribution in [0.5, 0.6) is 5.75 Å². The Bertz CT molecular complexity index is 577. The van der Waals surface area contributed by atoms with E-state index in [4.69, 9.17) is 5.73 Å². The molecular formula is C15H16F3NOS. The van der Waals surface area contributed by atoms with Gasteiger partial charge in [-0.15, -0.1) is 24.5 Å². The third-order valence-corrected chi connectivity index (χ3v) is 4.28. The highest BCUT2D eigenvalue weighted by Crippen LogP contribution is 2.26. The van der Waals surface area contributed by atoms with Gasteiger partial charge in [-0.2, -0.15) is 0 Å². The first kappa shape index (κ1) is 15.9. The fourth-order valence-electron chi connectivity index (χ4n) is 1.97. The maximum absolute atomic E-state index is 12.1. The van der Waals surface area contributed by atoms with Gasteiger partial charge in [0.1, 0.15) is 5.75 Å². The van der Waals surface area contributed by atoms with Gasteiger partial charge in [0.05, 0.1) is 0 Å². The van der Waals surface area contributed by atoms with Crippen LogP contribution in [0.25, 0.3) is 0 Å². The average Bonchev–Trinajstić information content (AvgIpc) is 2.85. The Labute approximate surface area is 125 Å². The predicted octanol–water partition coefficient (Wildman–Crippen LogP) is 4.45. The molecule has 0 spiro atoms. The second kappa shape index (κ2) is 6.49. The number of hydrogen-bond acceptors (Lipinski definition) is 3. The molecule has 0 amide bonds. The van der Waals surface area contributed by atoms with Gasteiger partial charge in [-0.25, -0.2) is 0 Å². The van der Waals surface area contributed by atoms with Crippen LogP contribution in [0.4, 0.5) is 13.2 Å². The van der Waals surface area contributed by atoms with E-state index in [0.717, 1.165) is 12.0 Å². The van der Waals surface area contributed by atoms with Crippen LogP contribution >= 0.6 is 11.3 Å². The first-order chi connectivity index (χ1) is 9.87. The number of thiophene rings is 1. The SMILES string of the molecule is CCc1ccc(CC(N)c2ccc(OC(F)(F)F)cc2)s1. The summed E-state index contributed by atoms with van der Waals surface area (Å²) in [5.74, 6) is -0.233. The van der Waals surface area contributed by atoms with Gasteiger partial charge in [0, 0.05) is 22.2 Å². The maximum Gasteiger partial charge on any atom is 0.573 e. The minimum atomic E-state index is -4.67. The standard InChI is InChI=1S/C15H16F3NOS/c1-2-12-7-8-13(21-12)9-14(19)10-3-5-11(6-4-10)20-15(16,17)18/h3-8,14H,2,9,19H2,1H3. The second-order valence-corrected chi connectivity index (χ2v) is 5.90. The highest BCUT2D eigenvalue weighted by atomic mass is 32.1. The van der Waals surface area contributed by atoms with Crippen molar-refractivity contribution < 1.29 is 17.9 Å². The Morgan fingerprint density at radius 1 is 1.10 bits per heavy atom. The molecule has 0 fully saturated rings. The van der Waals surface area contributed by atoms with Crippen molar-refractivity contribution in [3.05, 3.63) is 51.7 Å². The summed E-state index contributed by atoms with van der Waals surface area (Å²) in [7, 11) is 0. The Morgan fingerprint density at radius 2 is 1.71 bits per heavy atom. The average molecular weight is 315 g/mol. The van der Waals surface area contributed by atoms with E-state index >= 15 is 0 Å². The molecule has 0 bridgehead atoms. The number of ether oxygens (including phenoxy) is 1. The van der Waals surface area contributed by atoms with E-state index in [1.54, 1.807) is 23.5 Å². The van der Waals surface area contributed by atoms with Crippen molar-refractivity contribution in [2.45, 2.75) is 32.2 Å². The molecule has 0 radical (unpaired) electrons. The Hall–Kier alpha value is -1.53. The van der Waals surface area contributed by atoms with Crippen LogP contribution in [-0.2, 0) is 12.8 Å². The minimum Gasteiger partial charge on any atom is -0.406 e. The molecule has 1 aromatic carbocycles. The number of halogens is 3. The highest BCUT2D eigenvalue weighted by Gasteiger charge is 2.31. The van der Waals surface area contributed by atoms with Crippen LogP contribution in [0.2, 0.25) is 0 Å². The van der Waals surface area contributed by atoms with Crippen LogP contribution in [0, 0.1) is 0 Å². The van der Waals surface area contributed by atoms with Crippen molar-refractivity contribution in [1.29, 1.82) is 0 Å². The normalized spacial score (nSPS) is 13.2. The highest BCUT2D eigenvalue weighted by molar-refractivity contribution is 7.11. The van der Waals surface area contributed by atoms with E-state index in [-0.39, 0.29) is 11.8 Å². The lowest BCUT2D eigenvalue weighted by Gasteiger charge is -2.13. The summed E-state index contributed by atoms with van der Waals surface area (Å²) < 4.78 is 40.1. The number of rotatable bonds is 5. The molecule has 1 heterocycles. The van der Waals surface area contributed by atoms with Crippen molar-refractivity contribution in [2.75, 3.05) is 0 Å². The fourth-order valence-corrected chi connectivity index (χ4v) is 2.99. The molecule has 0 aliphatic rings. The first-order valence-electron chi connectivity index (χ1n) is 6.56. The van der Waals surface area contributed by atoms with Gasteiger partial charge in [0.2, 0.25) is 0 Å². The molecule has 0 saturated carbocycles. The van der Waals surface area contributed by atoms with Gasteiger partial charge in [-0.1, -0.05) is 19.1 Å². The maximum atomic E-state index is 12.1.